The third-order valence-electron chi connectivity index (χ3n) is 1.87. The van der Waals surface area contributed by atoms with Crippen molar-refractivity contribution in [1.29, 1.82) is 0 Å². The summed E-state index contributed by atoms with van der Waals surface area (Å²) in [6.45, 7) is 0.701. The van der Waals surface area contributed by atoms with E-state index in [1.165, 1.54) is 0 Å². The van der Waals surface area contributed by atoms with Crippen molar-refractivity contribution in [2.24, 2.45) is 0 Å². The third kappa shape index (κ3) is 1.47. The second kappa shape index (κ2) is 3.47. The minimum Gasteiger partial charge on any atom is -0.359 e. The number of rotatable bonds is 2. The maximum atomic E-state index is 5.19. The van der Waals surface area contributed by atoms with Gasteiger partial charge in [-0.05, 0) is 35.1 Å². The molecule has 1 aromatic heterocycles. The predicted molar refractivity (Wildman–Crippen MR) is 54.5 cm³/mol. The first-order chi connectivity index (χ1) is 6.33. The molecular weight excluding hydrogens is 232 g/mol. The zero-order valence-electron chi connectivity index (χ0n) is 7.17. The lowest BCUT2D eigenvalue weighted by Crippen LogP contribution is -2.03. The van der Waals surface area contributed by atoms with E-state index in [0.717, 1.165) is 21.1 Å². The fraction of sp³-hybridized carbons (Fsp3) is 0.222. The van der Waals surface area contributed by atoms with E-state index in [1.807, 2.05) is 25.2 Å². The van der Waals surface area contributed by atoms with E-state index >= 15 is 0 Å². The first kappa shape index (κ1) is 8.72. The van der Waals surface area contributed by atoms with Crippen molar-refractivity contribution in [3.8, 4) is 0 Å². The Kier molecular flexibility index (Phi) is 2.33. The summed E-state index contributed by atoms with van der Waals surface area (Å²) in [4.78, 5) is 0. The Morgan fingerprint density at radius 2 is 2.38 bits per heavy atom. The van der Waals surface area contributed by atoms with Crippen LogP contribution in [0.1, 0.15) is 5.76 Å². The summed E-state index contributed by atoms with van der Waals surface area (Å²) in [5, 5.41) is 8.07. The lowest BCUT2D eigenvalue weighted by molar-refractivity contribution is 0.384. The highest BCUT2D eigenvalue weighted by atomic mass is 79.9. The Morgan fingerprint density at radius 1 is 1.54 bits per heavy atom. The Bertz CT molecular complexity index is 424. The molecule has 13 heavy (non-hydrogen) atoms. The van der Waals surface area contributed by atoms with Gasteiger partial charge in [0.2, 0.25) is 0 Å². The lowest BCUT2D eigenvalue weighted by atomic mass is 10.2. The van der Waals surface area contributed by atoms with Crippen molar-refractivity contribution in [2.45, 2.75) is 6.54 Å². The second-order valence-electron chi connectivity index (χ2n) is 2.77. The molecule has 0 atom stereocenters. The maximum Gasteiger partial charge on any atom is 0.158 e. The van der Waals surface area contributed by atoms with Crippen molar-refractivity contribution >= 4 is 26.8 Å². The van der Waals surface area contributed by atoms with Gasteiger partial charge in [-0.15, -0.1) is 0 Å². The SMILES string of the molecule is CNCc1onc2c(Br)cccc12. The average Bonchev–Trinajstić information content (AvgIpc) is 2.51. The van der Waals surface area contributed by atoms with Gasteiger partial charge >= 0.3 is 0 Å². The number of hydrogen-bond donors (Lipinski definition) is 1. The van der Waals surface area contributed by atoms with Crippen LogP contribution in [0, 0.1) is 0 Å². The highest BCUT2D eigenvalue weighted by Gasteiger charge is 2.08. The van der Waals surface area contributed by atoms with Crippen LogP contribution >= 0.6 is 15.9 Å². The zero-order valence-corrected chi connectivity index (χ0v) is 8.76. The number of nitrogens with one attached hydrogen (secondary N) is 1. The fourth-order valence-electron chi connectivity index (χ4n) is 1.27. The summed E-state index contributed by atoms with van der Waals surface area (Å²) < 4.78 is 6.16. The summed E-state index contributed by atoms with van der Waals surface area (Å²) in [5.41, 5.74) is 0.882. The molecule has 0 saturated heterocycles. The summed E-state index contributed by atoms with van der Waals surface area (Å²) >= 11 is 3.42. The van der Waals surface area contributed by atoms with E-state index in [0.29, 0.717) is 6.54 Å². The Balaban J connectivity index is 2.61. The topological polar surface area (TPSA) is 38.1 Å². The largest absolute Gasteiger partial charge is 0.359 e. The molecule has 0 amide bonds. The molecule has 1 aromatic carbocycles. The fourth-order valence-corrected chi connectivity index (χ4v) is 1.71. The highest BCUT2D eigenvalue weighted by Crippen LogP contribution is 2.25. The van der Waals surface area contributed by atoms with Crippen molar-refractivity contribution < 1.29 is 4.52 Å². The zero-order chi connectivity index (χ0) is 9.26. The standard InChI is InChI=1S/C9H9BrN2O/c1-11-5-8-6-3-2-4-7(10)9(6)12-13-8/h2-4,11H,5H2,1H3. The average molecular weight is 241 g/mol. The van der Waals surface area contributed by atoms with Gasteiger partial charge in [0.15, 0.2) is 5.76 Å². The summed E-state index contributed by atoms with van der Waals surface area (Å²) in [7, 11) is 1.88. The molecular formula is C9H9BrN2O. The Morgan fingerprint density at radius 3 is 3.15 bits per heavy atom. The van der Waals surface area contributed by atoms with E-state index in [1.54, 1.807) is 0 Å². The van der Waals surface area contributed by atoms with Gasteiger partial charge in [0, 0.05) is 9.86 Å². The van der Waals surface area contributed by atoms with Gasteiger partial charge in [-0.1, -0.05) is 11.2 Å². The molecule has 0 bridgehead atoms. The van der Waals surface area contributed by atoms with Crippen LogP contribution in [0.2, 0.25) is 0 Å². The molecule has 3 nitrogen and oxygen atoms in total. The molecule has 1 N–H and O–H groups in total. The molecule has 0 fully saturated rings. The number of nitrogens with zero attached hydrogens (tertiary/aromatic N) is 1. The smallest absolute Gasteiger partial charge is 0.158 e. The van der Waals surface area contributed by atoms with Crippen LogP contribution in [0.5, 0.6) is 0 Å². The molecule has 1 heterocycles. The minimum absolute atomic E-state index is 0.701. The quantitative estimate of drug-likeness (QED) is 0.876. The van der Waals surface area contributed by atoms with E-state index in [4.69, 9.17) is 4.52 Å². The van der Waals surface area contributed by atoms with Crippen molar-refractivity contribution in [3.05, 3.63) is 28.4 Å². The molecule has 0 unspecified atom stereocenters. The van der Waals surface area contributed by atoms with Crippen LogP contribution in [0.4, 0.5) is 0 Å². The van der Waals surface area contributed by atoms with Gasteiger partial charge in [-0.25, -0.2) is 0 Å². The molecule has 0 saturated carbocycles. The molecule has 0 aliphatic heterocycles. The molecule has 0 spiro atoms. The molecule has 0 aliphatic carbocycles. The number of halogens is 1. The van der Waals surface area contributed by atoms with Crippen LogP contribution in [-0.2, 0) is 6.54 Å². The van der Waals surface area contributed by atoms with E-state index in [2.05, 4.69) is 26.4 Å². The minimum atomic E-state index is 0.701. The second-order valence-corrected chi connectivity index (χ2v) is 3.63. The van der Waals surface area contributed by atoms with Crippen molar-refractivity contribution in [3.63, 3.8) is 0 Å². The first-order valence-electron chi connectivity index (χ1n) is 4.00. The van der Waals surface area contributed by atoms with Crippen LogP contribution < -0.4 is 5.32 Å². The molecule has 0 aliphatic rings. The summed E-state index contributed by atoms with van der Waals surface area (Å²) in [5.74, 6) is 0.874. The van der Waals surface area contributed by atoms with Gasteiger partial charge in [0.25, 0.3) is 0 Å². The summed E-state index contributed by atoms with van der Waals surface area (Å²) in [6.07, 6.45) is 0. The van der Waals surface area contributed by atoms with E-state index < -0.39 is 0 Å². The Hall–Kier alpha value is -0.870. The van der Waals surface area contributed by atoms with Crippen molar-refractivity contribution in [2.75, 3.05) is 7.05 Å². The highest BCUT2D eigenvalue weighted by molar-refractivity contribution is 9.10. The van der Waals surface area contributed by atoms with Crippen LogP contribution in [-0.4, -0.2) is 12.2 Å². The first-order valence-corrected chi connectivity index (χ1v) is 4.79. The van der Waals surface area contributed by atoms with Crippen molar-refractivity contribution in [1.82, 2.24) is 10.5 Å². The number of hydrogen-bond acceptors (Lipinski definition) is 3. The molecule has 68 valence electrons. The van der Waals surface area contributed by atoms with Gasteiger partial charge < -0.3 is 9.84 Å². The normalized spacial score (nSPS) is 10.9. The maximum absolute atomic E-state index is 5.19. The third-order valence-corrected chi connectivity index (χ3v) is 2.51. The molecule has 4 heteroatoms. The number of fused-ring (bicyclic) bond motifs is 1. The lowest BCUT2D eigenvalue weighted by Gasteiger charge is -1.93. The van der Waals surface area contributed by atoms with Gasteiger partial charge in [-0.3, -0.25) is 0 Å². The van der Waals surface area contributed by atoms with Gasteiger partial charge in [0.05, 0.1) is 6.54 Å². The van der Waals surface area contributed by atoms with Crippen LogP contribution in [0.25, 0.3) is 10.9 Å². The van der Waals surface area contributed by atoms with Gasteiger partial charge in [-0.2, -0.15) is 0 Å². The van der Waals surface area contributed by atoms with Gasteiger partial charge in [0.1, 0.15) is 5.52 Å². The summed E-state index contributed by atoms with van der Waals surface area (Å²) in [6, 6.07) is 5.93. The molecule has 2 aromatic rings. The predicted octanol–water partition coefficient (Wildman–Crippen LogP) is 2.31. The van der Waals surface area contributed by atoms with Crippen LogP contribution in [0.15, 0.2) is 27.2 Å². The molecule has 0 radical (unpaired) electrons. The van der Waals surface area contributed by atoms with E-state index in [9.17, 15) is 0 Å². The van der Waals surface area contributed by atoms with Crippen LogP contribution in [0.3, 0.4) is 0 Å². The monoisotopic (exact) mass is 240 g/mol. The molecule has 2 rings (SSSR count). The number of aromatic nitrogens is 1. The van der Waals surface area contributed by atoms with E-state index in [-0.39, 0.29) is 0 Å². The number of benzene rings is 1. The Labute approximate surface area is 84.2 Å².